The Bertz CT molecular complexity index is 1350. The van der Waals surface area contributed by atoms with E-state index in [1.54, 1.807) is 25.6 Å². The Labute approximate surface area is 186 Å². The maximum absolute atomic E-state index is 13.0. The molecule has 1 aromatic heterocycles. The van der Waals surface area contributed by atoms with Gasteiger partial charge in [-0.05, 0) is 73.0 Å². The largest absolute Gasteiger partial charge is 0.497 e. The number of nitrogens with zero attached hydrogens (tertiary/aromatic N) is 2. The Morgan fingerprint density at radius 3 is 2.39 bits per heavy atom. The van der Waals surface area contributed by atoms with E-state index in [1.807, 2.05) is 48.7 Å². The predicted octanol–water partition coefficient (Wildman–Crippen LogP) is 5.16. The highest BCUT2D eigenvalue weighted by Crippen LogP contribution is 2.31. The van der Waals surface area contributed by atoms with Gasteiger partial charge in [-0.1, -0.05) is 23.7 Å². The highest BCUT2D eigenvalue weighted by molar-refractivity contribution is 7.92. The fraction of sp³-hybridized carbons (Fsp3) is 0.174. The highest BCUT2D eigenvalue weighted by Gasteiger charge is 2.20. The van der Waals surface area contributed by atoms with Crippen LogP contribution in [0, 0.1) is 13.8 Å². The second-order valence-electron chi connectivity index (χ2n) is 7.34. The summed E-state index contributed by atoms with van der Waals surface area (Å²) in [5, 5.41) is 0.477. The third kappa shape index (κ3) is 4.24. The van der Waals surface area contributed by atoms with Crippen LogP contribution in [0.15, 0.2) is 65.8 Å². The standard InChI is InChI=1S/C23H22ClN3O3S/c1-15-12-21-23(25-14-27(21)13-17-4-8-19(30-3)9-5-17)22(16(15)2)26-31(28,29)20-10-6-18(24)7-11-20/h4-12,14,26H,13H2,1-3H3. The zero-order valence-electron chi connectivity index (χ0n) is 17.4. The first-order valence-corrected chi connectivity index (χ1v) is 11.5. The maximum Gasteiger partial charge on any atom is 0.261 e. The van der Waals surface area contributed by atoms with Gasteiger partial charge in [0.1, 0.15) is 11.3 Å². The third-order valence-corrected chi connectivity index (χ3v) is 6.92. The molecule has 0 radical (unpaired) electrons. The molecule has 160 valence electrons. The van der Waals surface area contributed by atoms with Gasteiger partial charge < -0.3 is 9.30 Å². The number of aryl methyl sites for hydroxylation is 1. The van der Waals surface area contributed by atoms with Crippen molar-refractivity contribution in [3.63, 3.8) is 0 Å². The number of sulfonamides is 1. The second-order valence-corrected chi connectivity index (χ2v) is 9.46. The number of hydrogen-bond donors (Lipinski definition) is 1. The number of benzene rings is 3. The lowest BCUT2D eigenvalue weighted by Crippen LogP contribution is -2.14. The van der Waals surface area contributed by atoms with Crippen molar-refractivity contribution in [1.29, 1.82) is 0 Å². The molecule has 4 aromatic rings. The average molecular weight is 456 g/mol. The van der Waals surface area contributed by atoms with Crippen LogP contribution < -0.4 is 9.46 Å². The lowest BCUT2D eigenvalue weighted by Gasteiger charge is -2.14. The van der Waals surface area contributed by atoms with Crippen LogP contribution in [0.4, 0.5) is 5.69 Å². The van der Waals surface area contributed by atoms with Crippen molar-refractivity contribution >= 4 is 38.3 Å². The predicted molar refractivity (Wildman–Crippen MR) is 124 cm³/mol. The quantitative estimate of drug-likeness (QED) is 0.435. The molecular weight excluding hydrogens is 434 g/mol. The van der Waals surface area contributed by atoms with E-state index in [4.69, 9.17) is 16.3 Å². The Morgan fingerprint density at radius 2 is 1.74 bits per heavy atom. The number of halogens is 1. The van der Waals surface area contributed by atoms with Crippen LogP contribution in [-0.4, -0.2) is 25.1 Å². The molecule has 0 aliphatic heterocycles. The number of ether oxygens (including phenoxy) is 1. The first-order valence-electron chi connectivity index (χ1n) is 9.65. The van der Waals surface area contributed by atoms with Crippen molar-refractivity contribution in [3.05, 3.63) is 82.6 Å². The van der Waals surface area contributed by atoms with E-state index in [0.29, 0.717) is 22.8 Å². The van der Waals surface area contributed by atoms with Gasteiger partial charge in [0, 0.05) is 11.6 Å². The molecule has 4 rings (SSSR count). The van der Waals surface area contributed by atoms with Crippen LogP contribution in [0.5, 0.6) is 5.75 Å². The van der Waals surface area contributed by atoms with Gasteiger partial charge in [0.15, 0.2) is 0 Å². The third-order valence-electron chi connectivity index (χ3n) is 5.31. The number of imidazole rings is 1. The summed E-state index contributed by atoms with van der Waals surface area (Å²) >= 11 is 5.90. The van der Waals surface area contributed by atoms with Crippen LogP contribution in [0.2, 0.25) is 5.02 Å². The van der Waals surface area contributed by atoms with Gasteiger partial charge in [0.25, 0.3) is 10.0 Å². The molecule has 0 atom stereocenters. The van der Waals surface area contributed by atoms with Crippen molar-refractivity contribution in [3.8, 4) is 5.75 Å². The number of hydrogen-bond acceptors (Lipinski definition) is 4. The molecule has 0 aliphatic carbocycles. The summed E-state index contributed by atoms with van der Waals surface area (Å²) in [5.41, 5.74) is 4.83. The smallest absolute Gasteiger partial charge is 0.261 e. The molecule has 0 unspecified atom stereocenters. The van der Waals surface area contributed by atoms with E-state index >= 15 is 0 Å². The summed E-state index contributed by atoms with van der Waals surface area (Å²) in [4.78, 5) is 4.67. The maximum atomic E-state index is 13.0. The zero-order valence-corrected chi connectivity index (χ0v) is 19.0. The molecule has 31 heavy (non-hydrogen) atoms. The van der Waals surface area contributed by atoms with E-state index in [9.17, 15) is 8.42 Å². The summed E-state index contributed by atoms with van der Waals surface area (Å²) < 4.78 is 35.9. The van der Waals surface area contributed by atoms with Crippen LogP contribution in [0.1, 0.15) is 16.7 Å². The fourth-order valence-electron chi connectivity index (χ4n) is 3.41. The minimum atomic E-state index is -3.79. The van der Waals surface area contributed by atoms with E-state index in [2.05, 4.69) is 9.71 Å². The van der Waals surface area contributed by atoms with Gasteiger partial charge >= 0.3 is 0 Å². The molecule has 1 N–H and O–H groups in total. The molecule has 0 aliphatic rings. The van der Waals surface area contributed by atoms with Gasteiger partial charge in [0.05, 0.1) is 29.5 Å². The molecule has 0 amide bonds. The second kappa shape index (κ2) is 8.24. The summed E-state index contributed by atoms with van der Waals surface area (Å²) in [7, 11) is -2.15. The first kappa shape index (κ1) is 21.2. The van der Waals surface area contributed by atoms with Crippen molar-refractivity contribution < 1.29 is 13.2 Å². The lowest BCUT2D eigenvalue weighted by atomic mass is 10.1. The van der Waals surface area contributed by atoms with Gasteiger partial charge in [-0.25, -0.2) is 13.4 Å². The lowest BCUT2D eigenvalue weighted by molar-refractivity contribution is 0.414. The summed E-state index contributed by atoms with van der Waals surface area (Å²) in [6, 6.07) is 15.9. The van der Waals surface area contributed by atoms with Crippen LogP contribution in [0.3, 0.4) is 0 Å². The highest BCUT2D eigenvalue weighted by atomic mass is 35.5. The Hall–Kier alpha value is -3.03. The topological polar surface area (TPSA) is 73.2 Å². The van der Waals surface area contributed by atoms with Gasteiger partial charge in [-0.3, -0.25) is 4.72 Å². The van der Waals surface area contributed by atoms with Gasteiger partial charge in [-0.15, -0.1) is 0 Å². The molecular formula is C23H22ClN3O3S. The molecule has 3 aromatic carbocycles. The molecule has 0 spiro atoms. The van der Waals surface area contributed by atoms with E-state index in [1.165, 1.54) is 12.1 Å². The van der Waals surface area contributed by atoms with Gasteiger partial charge in [-0.2, -0.15) is 0 Å². The van der Waals surface area contributed by atoms with E-state index in [0.717, 1.165) is 28.0 Å². The van der Waals surface area contributed by atoms with Crippen LogP contribution in [-0.2, 0) is 16.6 Å². The number of anilines is 1. The molecule has 0 saturated carbocycles. The number of fused-ring (bicyclic) bond motifs is 1. The fourth-order valence-corrected chi connectivity index (χ4v) is 4.67. The minimum absolute atomic E-state index is 0.142. The zero-order chi connectivity index (χ0) is 22.2. The van der Waals surface area contributed by atoms with E-state index < -0.39 is 10.0 Å². The Balaban J connectivity index is 1.74. The Kier molecular flexibility index (Phi) is 5.64. The summed E-state index contributed by atoms with van der Waals surface area (Å²) in [6.45, 7) is 4.45. The number of methoxy groups -OCH3 is 1. The number of nitrogens with one attached hydrogen (secondary N) is 1. The Morgan fingerprint density at radius 1 is 1.06 bits per heavy atom. The minimum Gasteiger partial charge on any atom is -0.497 e. The number of aromatic nitrogens is 2. The number of rotatable bonds is 6. The van der Waals surface area contributed by atoms with Crippen molar-refractivity contribution in [2.75, 3.05) is 11.8 Å². The molecule has 6 nitrogen and oxygen atoms in total. The monoisotopic (exact) mass is 455 g/mol. The van der Waals surface area contributed by atoms with Crippen molar-refractivity contribution in [2.24, 2.45) is 0 Å². The van der Waals surface area contributed by atoms with Crippen molar-refractivity contribution in [1.82, 2.24) is 9.55 Å². The molecule has 1 heterocycles. The molecule has 0 bridgehead atoms. The van der Waals surface area contributed by atoms with Crippen molar-refractivity contribution in [2.45, 2.75) is 25.3 Å². The normalized spacial score (nSPS) is 11.6. The molecule has 8 heteroatoms. The summed E-state index contributed by atoms with van der Waals surface area (Å²) in [5.74, 6) is 0.796. The molecule has 0 fully saturated rings. The molecule has 0 saturated heterocycles. The summed E-state index contributed by atoms with van der Waals surface area (Å²) in [6.07, 6.45) is 1.73. The van der Waals surface area contributed by atoms with Crippen LogP contribution >= 0.6 is 11.6 Å². The first-order chi connectivity index (χ1) is 14.8. The van der Waals surface area contributed by atoms with Gasteiger partial charge in [0.2, 0.25) is 0 Å². The van der Waals surface area contributed by atoms with E-state index in [-0.39, 0.29) is 4.90 Å². The average Bonchev–Trinajstić information content (AvgIpc) is 3.14. The SMILES string of the molecule is COc1ccc(Cn2cnc3c(NS(=O)(=O)c4ccc(Cl)cc4)c(C)c(C)cc32)cc1. The van der Waals surface area contributed by atoms with Crippen LogP contribution in [0.25, 0.3) is 11.0 Å².